The van der Waals surface area contributed by atoms with E-state index in [0.29, 0.717) is 0 Å². The molecular formula is C9H11K. The van der Waals surface area contributed by atoms with Gasteiger partial charge in [-0.25, -0.2) is 0 Å². The summed E-state index contributed by atoms with van der Waals surface area (Å²) >= 11 is 0. The maximum absolute atomic E-state index is 2.16. The molecule has 10 heavy (non-hydrogen) atoms. The standard InChI is InChI=1S/C9H11.K/c1-2-6-9-7-4-3-5-8-9;/h2-5,7-8H,6H2,1H3;/q-1;+1. The topological polar surface area (TPSA) is 0 Å². The van der Waals surface area contributed by atoms with Gasteiger partial charge in [-0.05, 0) is 0 Å². The Morgan fingerprint density at radius 1 is 1.20 bits per heavy atom. The molecule has 0 aliphatic heterocycles. The molecular weight excluding hydrogens is 147 g/mol. The van der Waals surface area contributed by atoms with E-state index in [1.54, 1.807) is 0 Å². The van der Waals surface area contributed by atoms with Crippen LogP contribution in [0.5, 0.6) is 0 Å². The molecule has 0 radical (unpaired) electrons. The van der Waals surface area contributed by atoms with Gasteiger partial charge >= 0.3 is 51.4 Å². The van der Waals surface area contributed by atoms with E-state index in [9.17, 15) is 0 Å². The van der Waals surface area contributed by atoms with Crippen molar-refractivity contribution in [1.29, 1.82) is 0 Å². The van der Waals surface area contributed by atoms with Gasteiger partial charge in [0.2, 0.25) is 0 Å². The van der Waals surface area contributed by atoms with Gasteiger partial charge in [0.15, 0.2) is 0 Å². The summed E-state index contributed by atoms with van der Waals surface area (Å²) < 4.78 is 0. The Kier molecular flexibility index (Phi) is 7.12. The van der Waals surface area contributed by atoms with Gasteiger partial charge in [0.1, 0.15) is 0 Å². The molecule has 0 bridgehead atoms. The summed E-state index contributed by atoms with van der Waals surface area (Å²) in [6.45, 7) is 2.08. The van der Waals surface area contributed by atoms with Crippen molar-refractivity contribution < 1.29 is 51.4 Å². The van der Waals surface area contributed by atoms with Crippen molar-refractivity contribution in [3.05, 3.63) is 42.3 Å². The predicted molar refractivity (Wildman–Crippen MR) is 40.1 cm³/mol. The second-order valence-corrected chi connectivity index (χ2v) is 2.10. The monoisotopic (exact) mass is 158 g/mol. The first-order chi connectivity index (χ1) is 4.43. The maximum atomic E-state index is 2.16. The van der Waals surface area contributed by atoms with Crippen molar-refractivity contribution >= 4 is 0 Å². The third-order valence-electron chi connectivity index (χ3n) is 1.28. The van der Waals surface area contributed by atoms with Gasteiger partial charge in [-0.3, -0.25) is 0 Å². The van der Waals surface area contributed by atoms with Crippen LogP contribution in [0.25, 0.3) is 0 Å². The molecule has 0 amide bonds. The summed E-state index contributed by atoms with van der Waals surface area (Å²) in [6, 6.07) is 10.5. The molecule has 0 aromatic heterocycles. The molecule has 48 valence electrons. The molecule has 1 aromatic rings. The van der Waals surface area contributed by atoms with E-state index >= 15 is 0 Å². The fourth-order valence-corrected chi connectivity index (χ4v) is 0.850. The van der Waals surface area contributed by atoms with Gasteiger partial charge < -0.3 is 6.42 Å². The maximum Gasteiger partial charge on any atom is 1.00 e. The summed E-state index contributed by atoms with van der Waals surface area (Å²) in [6.07, 6.45) is 3.25. The van der Waals surface area contributed by atoms with Crippen molar-refractivity contribution in [2.24, 2.45) is 0 Å². The molecule has 1 rings (SSSR count). The number of benzene rings is 1. The van der Waals surface area contributed by atoms with E-state index in [1.165, 1.54) is 5.56 Å². The fourth-order valence-electron chi connectivity index (χ4n) is 0.850. The molecule has 0 atom stereocenters. The van der Waals surface area contributed by atoms with Crippen LogP contribution in [0.15, 0.2) is 30.3 Å². The van der Waals surface area contributed by atoms with Gasteiger partial charge in [0.25, 0.3) is 0 Å². The molecule has 0 heterocycles. The Morgan fingerprint density at radius 2 is 1.80 bits per heavy atom. The van der Waals surface area contributed by atoms with Crippen molar-refractivity contribution in [3.63, 3.8) is 0 Å². The Balaban J connectivity index is 0.000000810. The molecule has 1 heteroatoms. The predicted octanol–water partition coefficient (Wildman–Crippen LogP) is -0.543. The number of hydrogen-bond acceptors (Lipinski definition) is 0. The minimum atomic E-state index is 0. The van der Waals surface area contributed by atoms with Crippen LogP contribution in [0.1, 0.15) is 12.5 Å². The van der Waals surface area contributed by atoms with E-state index in [0.717, 1.165) is 6.42 Å². The van der Waals surface area contributed by atoms with Crippen LogP contribution >= 0.6 is 0 Å². The van der Waals surface area contributed by atoms with Crippen LogP contribution in [0.4, 0.5) is 0 Å². The summed E-state index contributed by atoms with van der Waals surface area (Å²) in [5.41, 5.74) is 1.39. The van der Waals surface area contributed by atoms with Gasteiger partial charge in [0.05, 0.1) is 0 Å². The Morgan fingerprint density at radius 3 is 2.30 bits per heavy atom. The van der Waals surface area contributed by atoms with E-state index in [-0.39, 0.29) is 51.4 Å². The van der Waals surface area contributed by atoms with Crippen LogP contribution in [0, 0.1) is 6.42 Å². The first kappa shape index (κ1) is 10.9. The smallest absolute Gasteiger partial charge is 0.327 e. The molecule has 0 spiro atoms. The summed E-state index contributed by atoms with van der Waals surface area (Å²) in [5, 5.41) is 0. The summed E-state index contributed by atoms with van der Waals surface area (Å²) in [7, 11) is 0. The molecule has 0 fully saturated rings. The first-order valence-electron chi connectivity index (χ1n) is 3.25. The van der Waals surface area contributed by atoms with Gasteiger partial charge in [0, 0.05) is 0 Å². The van der Waals surface area contributed by atoms with Gasteiger partial charge in [-0.2, -0.15) is 13.3 Å². The van der Waals surface area contributed by atoms with Crippen LogP contribution in [0.3, 0.4) is 0 Å². The van der Waals surface area contributed by atoms with Crippen LogP contribution < -0.4 is 51.4 Å². The number of rotatable bonds is 2. The molecule has 0 nitrogen and oxygen atoms in total. The van der Waals surface area contributed by atoms with Crippen molar-refractivity contribution in [3.8, 4) is 0 Å². The third-order valence-corrected chi connectivity index (χ3v) is 1.28. The van der Waals surface area contributed by atoms with Crippen molar-refractivity contribution in [1.82, 2.24) is 0 Å². The minimum Gasteiger partial charge on any atom is -0.327 e. The van der Waals surface area contributed by atoms with E-state index in [2.05, 4.69) is 37.6 Å². The van der Waals surface area contributed by atoms with Crippen LogP contribution in [-0.4, -0.2) is 0 Å². The fraction of sp³-hybridized carbons (Fsp3) is 0.222. The van der Waals surface area contributed by atoms with Gasteiger partial charge in [-0.15, -0.1) is 0 Å². The second kappa shape index (κ2) is 6.56. The van der Waals surface area contributed by atoms with E-state index < -0.39 is 0 Å². The Labute approximate surface area is 105 Å². The third kappa shape index (κ3) is 3.89. The molecule has 1 aromatic carbocycles. The van der Waals surface area contributed by atoms with Crippen molar-refractivity contribution in [2.45, 2.75) is 13.3 Å². The summed E-state index contributed by atoms with van der Waals surface area (Å²) in [4.78, 5) is 0. The summed E-state index contributed by atoms with van der Waals surface area (Å²) in [5.74, 6) is 0. The molecule has 0 saturated carbocycles. The second-order valence-electron chi connectivity index (χ2n) is 2.10. The molecule has 0 aliphatic rings. The van der Waals surface area contributed by atoms with Crippen LogP contribution in [0.2, 0.25) is 0 Å². The normalized spacial score (nSPS) is 8.50. The van der Waals surface area contributed by atoms with Crippen molar-refractivity contribution in [2.75, 3.05) is 0 Å². The largest absolute Gasteiger partial charge is 1.00 e. The quantitative estimate of drug-likeness (QED) is 0.400. The molecule has 0 saturated heterocycles. The first-order valence-corrected chi connectivity index (χ1v) is 3.25. The SMILES string of the molecule is C[CH-]Cc1ccccc1.[K+]. The molecule has 0 unspecified atom stereocenters. The van der Waals surface area contributed by atoms with Gasteiger partial charge in [-0.1, -0.05) is 35.9 Å². The Hall–Kier alpha value is 0.856. The zero-order valence-electron chi connectivity index (χ0n) is 6.67. The van der Waals surface area contributed by atoms with E-state index in [1.807, 2.05) is 6.07 Å². The molecule has 0 aliphatic carbocycles. The average molecular weight is 158 g/mol. The van der Waals surface area contributed by atoms with E-state index in [4.69, 9.17) is 0 Å². The zero-order valence-corrected chi connectivity index (χ0v) is 9.79. The Bertz CT molecular complexity index is 158. The molecule has 0 N–H and O–H groups in total. The van der Waals surface area contributed by atoms with Crippen LogP contribution in [-0.2, 0) is 6.42 Å². The number of hydrogen-bond donors (Lipinski definition) is 0. The minimum absolute atomic E-state index is 0. The average Bonchev–Trinajstić information content (AvgIpc) is 1.91. The zero-order chi connectivity index (χ0) is 6.53.